The summed E-state index contributed by atoms with van der Waals surface area (Å²) in [5.74, 6) is 0.829. The van der Waals surface area contributed by atoms with Gasteiger partial charge in [-0.05, 0) is 30.3 Å². The maximum absolute atomic E-state index is 3.00. The lowest BCUT2D eigenvalue weighted by Crippen LogP contribution is -2.20. The molecule has 0 aromatic rings. The molecule has 0 radical (unpaired) electrons. The van der Waals surface area contributed by atoms with E-state index in [2.05, 4.69) is 63.9 Å². The third-order valence-corrected chi connectivity index (χ3v) is 10.7. The van der Waals surface area contributed by atoms with E-state index in [-0.39, 0.29) is 0 Å². The van der Waals surface area contributed by atoms with Crippen LogP contribution in [0.25, 0.3) is 0 Å². The second-order valence-corrected chi connectivity index (χ2v) is 20.8. The molecule has 0 fully saturated rings. The van der Waals surface area contributed by atoms with Crippen LogP contribution < -0.4 is 0 Å². The van der Waals surface area contributed by atoms with E-state index in [4.69, 9.17) is 0 Å². The van der Waals surface area contributed by atoms with Crippen molar-refractivity contribution in [2.45, 2.75) is 200 Å². The van der Waals surface area contributed by atoms with Crippen LogP contribution in [0.5, 0.6) is 0 Å². The van der Waals surface area contributed by atoms with Gasteiger partial charge in [-0.25, -0.2) is 0 Å². The van der Waals surface area contributed by atoms with Crippen LogP contribution in [-0.4, -0.2) is 31.3 Å². The average Bonchev–Trinajstić information content (AvgIpc) is 2.84. The standard InChI is InChI=1S/C21H45P.C15H34P/c1-5-6-7-8-9-10-11-12-13-14-15-16-17-18-19-20(2)21(3,4)22;1-5-6-7-8-9-10-11-12-13-14-15-16(2,3)4/h20H,5-19,22H2,1-4H3;5-15H2,1-4H3/q;+1. The van der Waals surface area contributed by atoms with Gasteiger partial charge in [0.2, 0.25) is 0 Å². The highest BCUT2D eigenvalue weighted by Gasteiger charge is 2.19. The van der Waals surface area contributed by atoms with E-state index in [1.165, 1.54) is 167 Å². The molecule has 0 aliphatic carbocycles. The first-order valence-corrected chi connectivity index (χ1v) is 21.5. The second kappa shape index (κ2) is 29.4. The van der Waals surface area contributed by atoms with Crippen molar-refractivity contribution in [3.8, 4) is 0 Å². The summed E-state index contributed by atoms with van der Waals surface area (Å²) >= 11 is 0. The Kier molecular flexibility index (Phi) is 31.7. The molecule has 232 valence electrons. The van der Waals surface area contributed by atoms with Crippen LogP contribution in [0.4, 0.5) is 0 Å². The molecule has 0 aliphatic rings. The van der Waals surface area contributed by atoms with Gasteiger partial charge in [0, 0.05) is 27.3 Å². The predicted octanol–water partition coefficient (Wildman–Crippen LogP) is 14.0. The van der Waals surface area contributed by atoms with Crippen molar-refractivity contribution >= 4 is 16.5 Å². The van der Waals surface area contributed by atoms with Crippen molar-refractivity contribution in [1.29, 1.82) is 0 Å². The van der Waals surface area contributed by atoms with E-state index >= 15 is 0 Å². The molecule has 0 aliphatic heterocycles. The lowest BCUT2D eigenvalue weighted by molar-refractivity contribution is 0.406. The fourth-order valence-corrected chi connectivity index (χ4v) is 6.43. The average molecular weight is 574 g/mol. The lowest BCUT2D eigenvalue weighted by Gasteiger charge is -2.26. The van der Waals surface area contributed by atoms with Crippen molar-refractivity contribution in [2.24, 2.45) is 5.92 Å². The molecular formula is C36H79P2+. The summed E-state index contributed by atoms with van der Waals surface area (Å²) in [6, 6.07) is 0. The fraction of sp³-hybridized carbons (Fsp3) is 1.00. The Morgan fingerprint density at radius 3 is 1.00 bits per heavy atom. The van der Waals surface area contributed by atoms with Crippen LogP contribution in [0.3, 0.4) is 0 Å². The Morgan fingerprint density at radius 1 is 0.474 bits per heavy atom. The van der Waals surface area contributed by atoms with E-state index in [1.807, 2.05) is 0 Å². The third-order valence-electron chi connectivity index (χ3n) is 8.44. The molecule has 0 nitrogen and oxygen atoms in total. The van der Waals surface area contributed by atoms with Crippen molar-refractivity contribution in [3.63, 3.8) is 0 Å². The molecule has 0 N–H and O–H groups in total. The monoisotopic (exact) mass is 574 g/mol. The van der Waals surface area contributed by atoms with Gasteiger partial charge in [0.15, 0.2) is 0 Å². The van der Waals surface area contributed by atoms with Crippen molar-refractivity contribution in [2.75, 3.05) is 26.2 Å². The molecular weight excluding hydrogens is 494 g/mol. The zero-order valence-corrected chi connectivity index (χ0v) is 30.5. The fourth-order valence-electron chi connectivity index (χ4n) is 5.09. The highest BCUT2D eigenvalue weighted by Crippen LogP contribution is 2.47. The minimum atomic E-state index is -0.490. The first kappa shape index (κ1) is 41.0. The Morgan fingerprint density at radius 2 is 0.737 bits per heavy atom. The first-order valence-electron chi connectivity index (χ1n) is 17.6. The first-order chi connectivity index (χ1) is 18.0. The Hall–Kier alpha value is 0.860. The van der Waals surface area contributed by atoms with E-state index in [9.17, 15) is 0 Å². The van der Waals surface area contributed by atoms with Crippen LogP contribution in [0.1, 0.15) is 195 Å². The summed E-state index contributed by atoms with van der Waals surface area (Å²) in [7, 11) is 2.51. The van der Waals surface area contributed by atoms with Crippen LogP contribution >= 0.6 is 16.5 Å². The topological polar surface area (TPSA) is 0 Å². The Labute approximate surface area is 248 Å². The summed E-state index contributed by atoms with van der Waals surface area (Å²) in [5.41, 5.74) is 0. The smallest absolute Gasteiger partial charge is 0.0586 e. The molecule has 2 atom stereocenters. The zero-order chi connectivity index (χ0) is 29.0. The lowest BCUT2D eigenvalue weighted by atomic mass is 9.91. The minimum absolute atomic E-state index is 0.413. The molecule has 0 amide bonds. The molecule has 0 saturated carbocycles. The molecule has 0 aromatic carbocycles. The van der Waals surface area contributed by atoms with Crippen LogP contribution in [0.15, 0.2) is 0 Å². The van der Waals surface area contributed by atoms with Gasteiger partial charge in [0.05, 0.1) is 6.16 Å². The zero-order valence-electron chi connectivity index (χ0n) is 28.5. The van der Waals surface area contributed by atoms with Crippen LogP contribution in [0, 0.1) is 5.92 Å². The number of hydrogen-bond acceptors (Lipinski definition) is 0. The SMILES string of the molecule is CCCCCCCCCCCCCCCCC(C)C(C)(C)P.CCCCCCCCCCCC[P+](C)(C)C. The van der Waals surface area contributed by atoms with E-state index in [0.717, 1.165) is 5.92 Å². The van der Waals surface area contributed by atoms with Gasteiger partial charge < -0.3 is 0 Å². The molecule has 0 heterocycles. The maximum atomic E-state index is 3.00. The van der Waals surface area contributed by atoms with Gasteiger partial charge in [-0.1, -0.05) is 176 Å². The summed E-state index contributed by atoms with van der Waals surface area (Å²) in [4.78, 5) is 0. The molecule has 38 heavy (non-hydrogen) atoms. The molecule has 0 rings (SSSR count). The van der Waals surface area contributed by atoms with Crippen LogP contribution in [0.2, 0.25) is 0 Å². The maximum Gasteiger partial charge on any atom is 0.0586 e. The normalized spacial score (nSPS) is 12.9. The van der Waals surface area contributed by atoms with Crippen molar-refractivity contribution in [3.05, 3.63) is 0 Å². The predicted molar refractivity (Wildman–Crippen MR) is 189 cm³/mol. The van der Waals surface area contributed by atoms with E-state index in [1.54, 1.807) is 0 Å². The minimum Gasteiger partial charge on any atom is -0.131 e. The highest BCUT2D eigenvalue weighted by molar-refractivity contribution is 7.73. The summed E-state index contributed by atoms with van der Waals surface area (Å²) in [6.07, 6.45) is 37.9. The van der Waals surface area contributed by atoms with E-state index < -0.39 is 7.26 Å². The third kappa shape index (κ3) is 36.9. The summed E-state index contributed by atoms with van der Waals surface area (Å²) in [5, 5.41) is 0.413. The van der Waals surface area contributed by atoms with Crippen molar-refractivity contribution < 1.29 is 0 Å². The largest absolute Gasteiger partial charge is 0.131 e. The molecule has 2 heteroatoms. The number of unbranched alkanes of at least 4 members (excludes halogenated alkanes) is 22. The summed E-state index contributed by atoms with van der Waals surface area (Å²) < 4.78 is 0. The highest BCUT2D eigenvalue weighted by atomic mass is 31.2. The van der Waals surface area contributed by atoms with Gasteiger partial charge in [-0.15, -0.1) is 9.24 Å². The molecule has 0 aromatic heterocycles. The molecule has 0 saturated heterocycles. The number of hydrogen-bond donors (Lipinski definition) is 0. The molecule has 0 bridgehead atoms. The van der Waals surface area contributed by atoms with Gasteiger partial charge in [0.25, 0.3) is 0 Å². The Balaban J connectivity index is 0. The quantitative estimate of drug-likeness (QED) is 0.0677. The van der Waals surface area contributed by atoms with Crippen molar-refractivity contribution in [1.82, 2.24) is 0 Å². The molecule has 0 spiro atoms. The van der Waals surface area contributed by atoms with Crippen LogP contribution in [-0.2, 0) is 0 Å². The van der Waals surface area contributed by atoms with Gasteiger partial charge in [-0.3, -0.25) is 0 Å². The van der Waals surface area contributed by atoms with Gasteiger partial charge in [0.1, 0.15) is 0 Å². The Bertz CT molecular complexity index is 432. The van der Waals surface area contributed by atoms with Gasteiger partial charge >= 0.3 is 0 Å². The second-order valence-electron chi connectivity index (χ2n) is 14.3. The number of rotatable bonds is 27. The molecule has 2 unspecified atom stereocenters. The van der Waals surface area contributed by atoms with Gasteiger partial charge in [-0.2, -0.15) is 0 Å². The van der Waals surface area contributed by atoms with E-state index in [0.29, 0.717) is 5.16 Å². The summed E-state index contributed by atoms with van der Waals surface area (Å²) in [6.45, 7) is 19.0.